The van der Waals surface area contributed by atoms with Crippen LogP contribution in [0.25, 0.3) is 0 Å². The molecule has 0 radical (unpaired) electrons. The zero-order chi connectivity index (χ0) is 17.1. The van der Waals surface area contributed by atoms with E-state index in [1.165, 1.54) is 37.5 Å². The summed E-state index contributed by atoms with van der Waals surface area (Å²) in [6.07, 6.45) is 4.49. The second-order valence-corrected chi connectivity index (χ2v) is 6.75. The third kappa shape index (κ3) is 4.95. The summed E-state index contributed by atoms with van der Waals surface area (Å²) >= 11 is 0. The minimum atomic E-state index is -0.501. The molecule has 4 nitrogen and oxygen atoms in total. The van der Waals surface area contributed by atoms with E-state index >= 15 is 0 Å². The number of rotatable bonds is 5. The quantitative estimate of drug-likeness (QED) is 0.398. The number of hydrogen-bond acceptors (Lipinski definition) is 2. The van der Waals surface area contributed by atoms with Crippen molar-refractivity contribution in [1.82, 2.24) is 10.6 Å². The smallest absolute Gasteiger partial charge is 0.191 e. The van der Waals surface area contributed by atoms with E-state index in [0.29, 0.717) is 19.1 Å². The van der Waals surface area contributed by atoms with E-state index in [0.717, 1.165) is 18.3 Å². The normalized spacial score (nSPS) is 25.5. The molecule has 1 aliphatic carbocycles. The molecule has 25 heavy (non-hydrogen) atoms. The summed E-state index contributed by atoms with van der Waals surface area (Å²) in [4.78, 5) is 6.06. The Bertz CT molecular complexity index is 590. The number of guanidine groups is 1. The predicted molar refractivity (Wildman–Crippen MR) is 109 cm³/mol. The fourth-order valence-electron chi connectivity index (χ4n) is 3.53. The number of para-hydroxylation sites is 1. The van der Waals surface area contributed by atoms with Gasteiger partial charge in [-0.2, -0.15) is 0 Å². The number of hydrogen-bond donors (Lipinski definition) is 2. The number of anilines is 1. The second-order valence-electron chi connectivity index (χ2n) is 6.75. The van der Waals surface area contributed by atoms with Crippen LogP contribution in [0.4, 0.5) is 14.5 Å². The first-order chi connectivity index (χ1) is 11.6. The fourth-order valence-corrected chi connectivity index (χ4v) is 3.53. The van der Waals surface area contributed by atoms with Crippen LogP contribution in [0.1, 0.15) is 32.6 Å². The monoisotopic (exact) mass is 464 g/mol. The molecule has 0 bridgehead atoms. The molecule has 3 rings (SSSR count). The zero-order valence-corrected chi connectivity index (χ0v) is 17.1. The van der Waals surface area contributed by atoms with Gasteiger partial charge in [-0.25, -0.2) is 8.78 Å². The Labute approximate surface area is 165 Å². The van der Waals surface area contributed by atoms with Crippen LogP contribution in [-0.4, -0.2) is 38.2 Å². The molecule has 1 aromatic carbocycles. The summed E-state index contributed by atoms with van der Waals surface area (Å²) in [5, 5.41) is 6.84. The van der Waals surface area contributed by atoms with Gasteiger partial charge in [-0.1, -0.05) is 19.4 Å². The van der Waals surface area contributed by atoms with Crippen LogP contribution in [0.3, 0.4) is 0 Å². The van der Waals surface area contributed by atoms with Gasteiger partial charge in [0.1, 0.15) is 17.3 Å². The lowest BCUT2D eigenvalue weighted by atomic mass is 10.2. The second kappa shape index (κ2) is 9.00. The molecule has 0 spiro atoms. The van der Waals surface area contributed by atoms with Crippen LogP contribution in [0.2, 0.25) is 0 Å². The molecule has 2 fully saturated rings. The summed E-state index contributed by atoms with van der Waals surface area (Å²) in [5.74, 6) is 0.540. The average Bonchev–Trinajstić information content (AvgIpc) is 3.11. The molecule has 1 aliphatic heterocycles. The maximum atomic E-state index is 13.9. The van der Waals surface area contributed by atoms with Crippen LogP contribution in [-0.2, 0) is 0 Å². The third-order valence-electron chi connectivity index (χ3n) is 4.91. The van der Waals surface area contributed by atoms with E-state index in [1.54, 1.807) is 11.9 Å². The molecule has 0 aromatic heterocycles. The molecular weight excluding hydrogens is 437 g/mol. The highest BCUT2D eigenvalue weighted by Crippen LogP contribution is 2.34. The lowest BCUT2D eigenvalue weighted by Gasteiger charge is -2.21. The van der Waals surface area contributed by atoms with Gasteiger partial charge >= 0.3 is 0 Å². The number of nitrogens with one attached hydrogen (secondary N) is 2. The van der Waals surface area contributed by atoms with Crippen LogP contribution < -0.4 is 15.5 Å². The van der Waals surface area contributed by atoms with Crippen molar-refractivity contribution in [2.24, 2.45) is 10.9 Å². The van der Waals surface area contributed by atoms with Gasteiger partial charge in [0.05, 0.1) is 0 Å². The molecule has 1 aromatic rings. The molecule has 0 amide bonds. The van der Waals surface area contributed by atoms with Crippen molar-refractivity contribution < 1.29 is 8.78 Å². The fraction of sp³-hybridized carbons (Fsp3) is 0.611. The van der Waals surface area contributed by atoms with Crippen molar-refractivity contribution in [3.63, 3.8) is 0 Å². The SMILES string of the molecule is CCCC1CC1NC(=NC)NC1CCN(c2c(F)cccc2F)C1.I. The predicted octanol–water partition coefficient (Wildman–Crippen LogP) is 3.52. The molecule has 3 unspecified atom stereocenters. The van der Waals surface area contributed by atoms with E-state index in [2.05, 4.69) is 22.5 Å². The van der Waals surface area contributed by atoms with Gasteiger partial charge < -0.3 is 15.5 Å². The van der Waals surface area contributed by atoms with E-state index < -0.39 is 11.6 Å². The van der Waals surface area contributed by atoms with E-state index in [9.17, 15) is 8.78 Å². The van der Waals surface area contributed by atoms with Gasteiger partial charge in [-0.15, -0.1) is 24.0 Å². The molecular formula is C18H27F2IN4. The van der Waals surface area contributed by atoms with Gasteiger partial charge in [0.2, 0.25) is 0 Å². The largest absolute Gasteiger partial charge is 0.365 e. The lowest BCUT2D eigenvalue weighted by molar-refractivity contribution is 0.575. The van der Waals surface area contributed by atoms with Gasteiger partial charge in [0.15, 0.2) is 5.96 Å². The maximum absolute atomic E-state index is 13.9. The Kier molecular flexibility index (Phi) is 7.27. The zero-order valence-electron chi connectivity index (χ0n) is 14.8. The molecule has 3 atom stereocenters. The highest BCUT2D eigenvalue weighted by Gasteiger charge is 2.37. The van der Waals surface area contributed by atoms with Crippen molar-refractivity contribution in [2.75, 3.05) is 25.0 Å². The van der Waals surface area contributed by atoms with Gasteiger partial charge in [-0.05, 0) is 37.3 Å². The molecule has 7 heteroatoms. The van der Waals surface area contributed by atoms with Crippen LogP contribution in [0, 0.1) is 17.6 Å². The summed E-state index contributed by atoms with van der Waals surface area (Å²) in [6.45, 7) is 3.41. The molecule has 1 saturated heterocycles. The Morgan fingerprint density at radius 3 is 2.64 bits per heavy atom. The van der Waals surface area contributed by atoms with Gasteiger partial charge in [-0.3, -0.25) is 4.99 Å². The van der Waals surface area contributed by atoms with Gasteiger partial charge in [0.25, 0.3) is 0 Å². The Morgan fingerprint density at radius 2 is 2.00 bits per heavy atom. The molecule has 140 valence electrons. The highest BCUT2D eigenvalue weighted by molar-refractivity contribution is 14.0. The lowest BCUT2D eigenvalue weighted by Crippen LogP contribution is -2.45. The van der Waals surface area contributed by atoms with Crippen LogP contribution in [0.15, 0.2) is 23.2 Å². The minimum absolute atomic E-state index is 0. The van der Waals surface area contributed by atoms with Crippen molar-refractivity contribution in [3.05, 3.63) is 29.8 Å². The molecule has 1 saturated carbocycles. The first kappa shape index (κ1) is 20.2. The summed E-state index contributed by atoms with van der Waals surface area (Å²) in [6, 6.07) is 4.66. The standard InChI is InChI=1S/C18H26F2N4.HI/c1-3-5-12-10-16(12)23-18(21-2)22-13-8-9-24(11-13)17-14(19)6-4-7-15(17)20;/h4,6-7,12-13,16H,3,5,8-11H2,1-2H3,(H2,21,22,23);1H. The van der Waals surface area contributed by atoms with Crippen molar-refractivity contribution in [3.8, 4) is 0 Å². The molecule has 1 heterocycles. The average molecular weight is 464 g/mol. The summed E-state index contributed by atoms with van der Waals surface area (Å²) in [5.41, 5.74) is 0.0787. The minimum Gasteiger partial charge on any atom is -0.365 e. The number of aliphatic imine (C=N–C) groups is 1. The molecule has 2 aliphatic rings. The van der Waals surface area contributed by atoms with E-state index in [4.69, 9.17) is 0 Å². The first-order valence-electron chi connectivity index (χ1n) is 8.81. The van der Waals surface area contributed by atoms with E-state index in [1.807, 2.05) is 0 Å². The topological polar surface area (TPSA) is 39.7 Å². The van der Waals surface area contributed by atoms with Crippen molar-refractivity contribution in [1.29, 1.82) is 0 Å². The van der Waals surface area contributed by atoms with Crippen molar-refractivity contribution in [2.45, 2.75) is 44.7 Å². The Morgan fingerprint density at radius 1 is 1.28 bits per heavy atom. The summed E-state index contributed by atoms with van der Waals surface area (Å²) in [7, 11) is 1.76. The van der Waals surface area contributed by atoms with E-state index in [-0.39, 0.29) is 35.7 Å². The maximum Gasteiger partial charge on any atom is 0.191 e. The van der Waals surface area contributed by atoms with Crippen LogP contribution in [0.5, 0.6) is 0 Å². The summed E-state index contributed by atoms with van der Waals surface area (Å²) < 4.78 is 27.8. The number of benzene rings is 1. The Hall–Kier alpha value is -1.12. The number of nitrogens with zero attached hydrogens (tertiary/aromatic N) is 2. The third-order valence-corrected chi connectivity index (χ3v) is 4.91. The Balaban J connectivity index is 0.00000225. The van der Waals surface area contributed by atoms with Gasteiger partial charge in [0, 0.05) is 32.2 Å². The van der Waals surface area contributed by atoms with Crippen molar-refractivity contribution >= 4 is 35.6 Å². The highest BCUT2D eigenvalue weighted by atomic mass is 127. The first-order valence-corrected chi connectivity index (χ1v) is 8.81. The number of halogens is 3. The molecule has 2 N–H and O–H groups in total. The van der Waals surface area contributed by atoms with Crippen LogP contribution >= 0.6 is 24.0 Å².